The Morgan fingerprint density at radius 3 is 2.55 bits per heavy atom. The summed E-state index contributed by atoms with van der Waals surface area (Å²) in [7, 11) is 0. The van der Waals surface area contributed by atoms with Gasteiger partial charge in [-0.3, -0.25) is 0 Å². The van der Waals surface area contributed by atoms with Crippen LogP contribution in [0.4, 0.5) is 4.79 Å². The first kappa shape index (κ1) is 18.5. The molecular formula is C16H29N3O3. The Morgan fingerprint density at radius 2 is 2.05 bits per heavy atom. The maximum atomic E-state index is 11.9. The van der Waals surface area contributed by atoms with Crippen molar-refractivity contribution in [1.29, 1.82) is 0 Å². The van der Waals surface area contributed by atoms with Crippen molar-refractivity contribution in [1.82, 2.24) is 15.8 Å². The van der Waals surface area contributed by atoms with Gasteiger partial charge in [0, 0.05) is 18.2 Å². The van der Waals surface area contributed by atoms with Crippen LogP contribution in [0, 0.1) is 19.8 Å². The topological polar surface area (TPSA) is 87.4 Å². The molecule has 1 rings (SSSR count). The van der Waals surface area contributed by atoms with E-state index in [0.717, 1.165) is 23.4 Å². The van der Waals surface area contributed by atoms with Gasteiger partial charge in [0.05, 0.1) is 11.3 Å². The van der Waals surface area contributed by atoms with E-state index in [1.807, 2.05) is 34.6 Å². The molecular weight excluding hydrogens is 282 g/mol. The monoisotopic (exact) mass is 311 g/mol. The van der Waals surface area contributed by atoms with Crippen LogP contribution in [-0.2, 0) is 6.42 Å². The van der Waals surface area contributed by atoms with Gasteiger partial charge in [0.25, 0.3) is 0 Å². The van der Waals surface area contributed by atoms with Crippen LogP contribution in [0.25, 0.3) is 0 Å². The third kappa shape index (κ3) is 5.02. The highest BCUT2D eigenvalue weighted by Gasteiger charge is 2.27. The number of hydrogen-bond acceptors (Lipinski definition) is 4. The van der Waals surface area contributed by atoms with Crippen LogP contribution < -0.4 is 10.6 Å². The Kier molecular flexibility index (Phi) is 6.41. The molecule has 1 aromatic heterocycles. The number of aliphatic hydroxyl groups is 1. The Labute approximate surface area is 132 Å². The normalized spacial score (nSPS) is 16.7. The molecule has 0 aliphatic carbocycles. The highest BCUT2D eigenvalue weighted by Crippen LogP contribution is 2.18. The number of nitrogens with zero attached hydrogens (tertiary/aromatic N) is 1. The van der Waals surface area contributed by atoms with E-state index >= 15 is 0 Å². The third-order valence-electron chi connectivity index (χ3n) is 4.35. The predicted molar refractivity (Wildman–Crippen MR) is 85.8 cm³/mol. The summed E-state index contributed by atoms with van der Waals surface area (Å²) in [6, 6.07) is -0.326. The number of hydrogen-bond donors (Lipinski definition) is 3. The molecule has 0 aliphatic rings. The second-order valence-corrected chi connectivity index (χ2v) is 6.40. The maximum Gasteiger partial charge on any atom is 0.315 e. The molecule has 1 heterocycles. The summed E-state index contributed by atoms with van der Waals surface area (Å²) < 4.78 is 5.12. The van der Waals surface area contributed by atoms with E-state index in [9.17, 15) is 9.90 Å². The summed E-state index contributed by atoms with van der Waals surface area (Å²) in [6.45, 7) is 11.6. The predicted octanol–water partition coefficient (Wildman–Crippen LogP) is 2.32. The number of urea groups is 1. The van der Waals surface area contributed by atoms with Gasteiger partial charge in [-0.25, -0.2) is 4.79 Å². The first-order valence-corrected chi connectivity index (χ1v) is 7.85. The quantitative estimate of drug-likeness (QED) is 0.721. The average molecular weight is 311 g/mol. The summed E-state index contributed by atoms with van der Waals surface area (Å²) in [5, 5.41) is 19.8. The fraction of sp³-hybridized carbons (Fsp3) is 0.750. The minimum atomic E-state index is -0.906. The van der Waals surface area contributed by atoms with Crippen LogP contribution in [0.3, 0.4) is 0 Å². The molecule has 3 N–H and O–H groups in total. The minimum absolute atomic E-state index is 0.0506. The molecule has 1 aromatic rings. The van der Waals surface area contributed by atoms with E-state index in [4.69, 9.17) is 4.52 Å². The van der Waals surface area contributed by atoms with Crippen molar-refractivity contribution >= 4 is 6.03 Å². The van der Waals surface area contributed by atoms with Crippen LogP contribution in [0.1, 0.15) is 51.1 Å². The SMILES string of the molecule is CCC(C)C(C)(O)CNC(=O)NC(C)Cc1c(C)noc1C. The van der Waals surface area contributed by atoms with Gasteiger partial charge in [0.1, 0.15) is 5.76 Å². The fourth-order valence-electron chi connectivity index (χ4n) is 2.30. The Hall–Kier alpha value is -1.56. The lowest BCUT2D eigenvalue weighted by molar-refractivity contribution is 0.00785. The lowest BCUT2D eigenvalue weighted by Crippen LogP contribution is -2.49. The molecule has 126 valence electrons. The molecule has 0 aromatic carbocycles. The Balaban J connectivity index is 2.45. The molecule has 0 saturated heterocycles. The summed E-state index contributed by atoms with van der Waals surface area (Å²) >= 11 is 0. The first-order valence-electron chi connectivity index (χ1n) is 7.85. The molecule has 0 spiro atoms. The van der Waals surface area contributed by atoms with E-state index < -0.39 is 5.60 Å². The summed E-state index contributed by atoms with van der Waals surface area (Å²) in [4.78, 5) is 11.9. The van der Waals surface area contributed by atoms with Gasteiger partial charge in [-0.15, -0.1) is 0 Å². The number of amides is 2. The molecule has 0 fully saturated rings. The zero-order valence-corrected chi connectivity index (χ0v) is 14.5. The molecule has 3 atom stereocenters. The molecule has 0 radical (unpaired) electrons. The maximum absolute atomic E-state index is 11.9. The lowest BCUT2D eigenvalue weighted by atomic mass is 9.89. The van der Waals surface area contributed by atoms with Crippen molar-refractivity contribution in [2.24, 2.45) is 5.92 Å². The van der Waals surface area contributed by atoms with Crippen molar-refractivity contribution in [3.63, 3.8) is 0 Å². The number of nitrogens with one attached hydrogen (secondary N) is 2. The van der Waals surface area contributed by atoms with Crippen molar-refractivity contribution in [3.8, 4) is 0 Å². The third-order valence-corrected chi connectivity index (χ3v) is 4.35. The number of rotatable bonds is 7. The Morgan fingerprint density at radius 1 is 1.41 bits per heavy atom. The van der Waals surface area contributed by atoms with Crippen molar-refractivity contribution < 1.29 is 14.4 Å². The zero-order chi connectivity index (χ0) is 16.9. The van der Waals surface area contributed by atoms with Crippen molar-refractivity contribution in [3.05, 3.63) is 17.0 Å². The summed E-state index contributed by atoms with van der Waals surface area (Å²) in [5.74, 6) is 0.902. The van der Waals surface area contributed by atoms with Gasteiger partial charge in [0.2, 0.25) is 0 Å². The van der Waals surface area contributed by atoms with Crippen LogP contribution in [0.15, 0.2) is 4.52 Å². The van der Waals surface area contributed by atoms with Gasteiger partial charge in [-0.2, -0.15) is 0 Å². The molecule has 22 heavy (non-hydrogen) atoms. The van der Waals surface area contributed by atoms with Crippen LogP contribution in [0.5, 0.6) is 0 Å². The minimum Gasteiger partial charge on any atom is -0.388 e. The second kappa shape index (κ2) is 7.63. The highest BCUT2D eigenvalue weighted by atomic mass is 16.5. The molecule has 6 nitrogen and oxygen atoms in total. The molecule has 3 unspecified atom stereocenters. The van der Waals surface area contributed by atoms with E-state index in [2.05, 4.69) is 15.8 Å². The summed E-state index contributed by atoms with van der Waals surface area (Å²) in [6.07, 6.45) is 1.52. The first-order chi connectivity index (χ1) is 10.2. The van der Waals surface area contributed by atoms with Crippen molar-refractivity contribution in [2.75, 3.05) is 6.54 Å². The van der Waals surface area contributed by atoms with Crippen molar-refractivity contribution in [2.45, 2.75) is 66.0 Å². The van der Waals surface area contributed by atoms with Gasteiger partial charge < -0.3 is 20.3 Å². The molecule has 0 bridgehead atoms. The van der Waals surface area contributed by atoms with E-state index in [1.165, 1.54) is 0 Å². The van der Waals surface area contributed by atoms with Gasteiger partial charge in [-0.05, 0) is 40.0 Å². The van der Waals surface area contributed by atoms with Gasteiger partial charge >= 0.3 is 6.03 Å². The fourth-order valence-corrected chi connectivity index (χ4v) is 2.30. The largest absolute Gasteiger partial charge is 0.388 e. The van der Waals surface area contributed by atoms with Crippen LogP contribution in [0.2, 0.25) is 0 Å². The zero-order valence-electron chi connectivity index (χ0n) is 14.5. The highest BCUT2D eigenvalue weighted by molar-refractivity contribution is 5.74. The van der Waals surface area contributed by atoms with Crippen LogP contribution >= 0.6 is 0 Å². The Bertz CT molecular complexity index is 477. The van der Waals surface area contributed by atoms with E-state index in [-0.39, 0.29) is 24.5 Å². The summed E-state index contributed by atoms with van der Waals surface area (Å²) in [5.41, 5.74) is 0.974. The number of carbonyl (C=O) groups excluding carboxylic acids is 1. The molecule has 0 aliphatic heterocycles. The van der Waals surface area contributed by atoms with Crippen LogP contribution in [-0.4, -0.2) is 34.5 Å². The smallest absolute Gasteiger partial charge is 0.315 e. The van der Waals surface area contributed by atoms with Gasteiger partial charge in [0.15, 0.2) is 0 Å². The number of carbonyl (C=O) groups is 1. The molecule has 0 saturated carbocycles. The number of aryl methyl sites for hydroxylation is 2. The average Bonchev–Trinajstić information content (AvgIpc) is 2.76. The molecule has 6 heteroatoms. The lowest BCUT2D eigenvalue weighted by Gasteiger charge is -2.30. The molecule has 2 amide bonds. The standard InChI is InChI=1S/C16H29N3O3/c1-7-10(2)16(6,21)9-17-15(20)18-11(3)8-14-12(4)19-22-13(14)5/h10-11,21H,7-9H2,1-6H3,(H2,17,18,20). The van der Waals surface area contributed by atoms with E-state index in [1.54, 1.807) is 6.92 Å². The second-order valence-electron chi connectivity index (χ2n) is 6.40. The van der Waals surface area contributed by atoms with Gasteiger partial charge in [-0.1, -0.05) is 25.4 Å². The number of aromatic nitrogens is 1. The van der Waals surface area contributed by atoms with E-state index in [0.29, 0.717) is 6.42 Å².